The van der Waals surface area contributed by atoms with E-state index < -0.39 is 29.8 Å². The number of amides is 1. The lowest BCUT2D eigenvalue weighted by Crippen LogP contribution is -2.61. The van der Waals surface area contributed by atoms with Crippen LogP contribution in [0.25, 0.3) is 0 Å². The van der Waals surface area contributed by atoms with E-state index in [1.807, 2.05) is 0 Å². The fourth-order valence-corrected chi connectivity index (χ4v) is 3.67. The van der Waals surface area contributed by atoms with E-state index in [0.29, 0.717) is 12.8 Å². The third kappa shape index (κ3) is 1.73. The molecule has 110 valence electrons. The Morgan fingerprint density at radius 1 is 1.45 bits per heavy atom. The number of hydrogen-bond donors (Lipinski definition) is 0. The summed E-state index contributed by atoms with van der Waals surface area (Å²) in [5.74, 6) is -0.880. The van der Waals surface area contributed by atoms with Crippen molar-refractivity contribution in [2.24, 2.45) is 11.3 Å². The maximum absolute atomic E-state index is 14.7. The van der Waals surface area contributed by atoms with Crippen LogP contribution in [0, 0.1) is 11.3 Å². The molecule has 1 saturated carbocycles. The summed E-state index contributed by atoms with van der Waals surface area (Å²) in [5, 5.41) is 0. The summed E-state index contributed by atoms with van der Waals surface area (Å²) in [4.78, 5) is 25.0. The van der Waals surface area contributed by atoms with Crippen LogP contribution in [0.5, 0.6) is 0 Å². The van der Waals surface area contributed by atoms with E-state index >= 15 is 0 Å². The number of alkyl halides is 1. The number of methoxy groups -OCH3 is 1. The zero-order valence-electron chi connectivity index (χ0n) is 11.4. The number of halogens is 1. The van der Waals surface area contributed by atoms with Gasteiger partial charge in [-0.2, -0.15) is 0 Å². The lowest BCUT2D eigenvalue weighted by atomic mass is 9.62. The van der Waals surface area contributed by atoms with Gasteiger partial charge in [0.2, 0.25) is 6.23 Å². The minimum atomic E-state index is -1.39. The zero-order chi connectivity index (χ0) is 14.3. The first-order valence-electron chi connectivity index (χ1n) is 7.00. The van der Waals surface area contributed by atoms with Gasteiger partial charge in [-0.1, -0.05) is 25.3 Å². The Labute approximate surface area is 116 Å². The van der Waals surface area contributed by atoms with E-state index in [0.717, 1.165) is 24.2 Å². The van der Waals surface area contributed by atoms with Gasteiger partial charge in [0.25, 0.3) is 0 Å². The van der Waals surface area contributed by atoms with E-state index in [1.54, 1.807) is 6.08 Å². The van der Waals surface area contributed by atoms with Crippen LogP contribution in [0.1, 0.15) is 32.1 Å². The molecule has 0 aromatic rings. The molecule has 1 aliphatic carbocycles. The molecule has 3 atom stereocenters. The molecular formula is C14H18FNO4. The Morgan fingerprint density at radius 2 is 2.15 bits per heavy atom. The number of rotatable bonds is 0. The van der Waals surface area contributed by atoms with Gasteiger partial charge in [0.05, 0.1) is 12.5 Å². The molecule has 3 rings (SSSR count). The number of nitrogens with zero attached hydrogens (tertiary/aromatic N) is 1. The summed E-state index contributed by atoms with van der Waals surface area (Å²) in [7, 11) is 1.21. The second kappa shape index (κ2) is 4.75. The van der Waals surface area contributed by atoms with Crippen LogP contribution in [-0.2, 0) is 14.3 Å². The first-order valence-corrected chi connectivity index (χ1v) is 7.00. The summed E-state index contributed by atoms with van der Waals surface area (Å²) < 4.78 is 24.5. The van der Waals surface area contributed by atoms with Crippen LogP contribution in [0.2, 0.25) is 0 Å². The molecule has 5 nitrogen and oxygen atoms in total. The molecule has 0 N–H and O–H groups in total. The summed E-state index contributed by atoms with van der Waals surface area (Å²) in [6.07, 6.45) is 4.02. The Kier molecular flexibility index (Phi) is 3.18. The minimum absolute atomic E-state index is 0.376. The first-order chi connectivity index (χ1) is 9.60. The van der Waals surface area contributed by atoms with E-state index in [4.69, 9.17) is 4.74 Å². The maximum Gasteiger partial charge on any atom is 0.416 e. The van der Waals surface area contributed by atoms with Gasteiger partial charge in [0, 0.05) is 12.1 Å². The average Bonchev–Trinajstić information content (AvgIpc) is 2.47. The van der Waals surface area contributed by atoms with Crippen LogP contribution in [0.3, 0.4) is 0 Å². The maximum atomic E-state index is 14.7. The number of carbonyl (C=O) groups is 2. The molecule has 2 fully saturated rings. The average molecular weight is 283 g/mol. The Bertz CT molecular complexity index is 458. The number of esters is 1. The van der Waals surface area contributed by atoms with E-state index in [1.165, 1.54) is 13.3 Å². The van der Waals surface area contributed by atoms with Gasteiger partial charge in [-0.05, 0) is 12.8 Å². The molecule has 20 heavy (non-hydrogen) atoms. The Morgan fingerprint density at radius 3 is 2.80 bits per heavy atom. The second-order valence-electron chi connectivity index (χ2n) is 5.70. The van der Waals surface area contributed by atoms with Crippen molar-refractivity contribution in [1.82, 2.24) is 4.90 Å². The fraction of sp³-hybridized carbons (Fsp3) is 0.714. The van der Waals surface area contributed by atoms with Gasteiger partial charge in [0.1, 0.15) is 0 Å². The van der Waals surface area contributed by atoms with Gasteiger partial charge in [0.15, 0.2) is 6.17 Å². The van der Waals surface area contributed by atoms with Crippen molar-refractivity contribution >= 4 is 12.1 Å². The molecule has 0 aromatic heterocycles. The highest BCUT2D eigenvalue weighted by atomic mass is 19.1. The van der Waals surface area contributed by atoms with Gasteiger partial charge in [-0.25, -0.2) is 14.1 Å². The quantitative estimate of drug-likeness (QED) is 0.640. The van der Waals surface area contributed by atoms with Crippen LogP contribution in [0.15, 0.2) is 12.3 Å². The second-order valence-corrected chi connectivity index (χ2v) is 5.70. The molecule has 2 bridgehead atoms. The molecule has 0 unspecified atom stereocenters. The minimum Gasteiger partial charge on any atom is -0.452 e. The van der Waals surface area contributed by atoms with Crippen LogP contribution in [-0.4, -0.2) is 36.5 Å². The number of fused-ring (bicyclic) bond motifs is 3. The summed E-state index contributed by atoms with van der Waals surface area (Å²) in [6, 6.07) is 0. The predicted octanol–water partition coefficient (Wildman–Crippen LogP) is 2.37. The smallest absolute Gasteiger partial charge is 0.416 e. The van der Waals surface area contributed by atoms with Gasteiger partial charge < -0.3 is 9.47 Å². The van der Waals surface area contributed by atoms with Gasteiger partial charge in [-0.3, -0.25) is 4.79 Å². The molecule has 3 aliphatic rings. The highest BCUT2D eigenvalue weighted by molar-refractivity contribution is 5.80. The largest absolute Gasteiger partial charge is 0.452 e. The van der Waals surface area contributed by atoms with E-state index in [2.05, 4.69) is 4.74 Å². The van der Waals surface area contributed by atoms with E-state index in [9.17, 15) is 14.0 Å². The Hall–Kier alpha value is -1.59. The summed E-state index contributed by atoms with van der Waals surface area (Å²) in [6.45, 7) is 0. The molecule has 1 saturated heterocycles. The monoisotopic (exact) mass is 283 g/mol. The van der Waals surface area contributed by atoms with Crippen molar-refractivity contribution in [1.29, 1.82) is 0 Å². The van der Waals surface area contributed by atoms with Crippen molar-refractivity contribution in [3.05, 3.63) is 12.3 Å². The molecule has 0 radical (unpaired) electrons. The normalized spacial score (nSPS) is 34.8. The molecule has 2 heterocycles. The summed E-state index contributed by atoms with van der Waals surface area (Å²) in [5.41, 5.74) is -0.743. The van der Waals surface area contributed by atoms with E-state index in [-0.39, 0.29) is 5.97 Å². The topological polar surface area (TPSA) is 55.8 Å². The van der Waals surface area contributed by atoms with Crippen LogP contribution in [0.4, 0.5) is 9.18 Å². The molecule has 6 heteroatoms. The van der Waals surface area contributed by atoms with Crippen molar-refractivity contribution in [2.75, 3.05) is 7.11 Å². The zero-order valence-corrected chi connectivity index (χ0v) is 11.4. The van der Waals surface area contributed by atoms with Gasteiger partial charge in [-0.15, -0.1) is 0 Å². The number of allylic oxidation sites excluding steroid dienone is 1. The van der Waals surface area contributed by atoms with Crippen molar-refractivity contribution in [2.45, 2.75) is 44.5 Å². The summed E-state index contributed by atoms with van der Waals surface area (Å²) >= 11 is 0. The standard InChI is InChI=1S/C14H18FNO4/c1-19-13(18)16-8-5-9-10(15)11(16)20-12(17)14(9)6-3-2-4-7-14/h5,8-11H,2-4,6-7H2,1H3/t9-,10+,11-/m1/s1. The lowest BCUT2D eigenvalue weighted by Gasteiger charge is -2.50. The molecule has 1 spiro atoms. The van der Waals surface area contributed by atoms with Gasteiger partial charge >= 0.3 is 12.1 Å². The molecule has 2 aliphatic heterocycles. The van der Waals surface area contributed by atoms with Crippen molar-refractivity contribution < 1.29 is 23.5 Å². The number of ether oxygens (including phenoxy) is 2. The van der Waals surface area contributed by atoms with Crippen molar-refractivity contribution in [3.8, 4) is 0 Å². The Balaban J connectivity index is 1.95. The first kappa shape index (κ1) is 13.4. The predicted molar refractivity (Wildman–Crippen MR) is 67.2 cm³/mol. The molecule has 0 aromatic carbocycles. The van der Waals surface area contributed by atoms with Crippen molar-refractivity contribution in [3.63, 3.8) is 0 Å². The fourth-order valence-electron chi connectivity index (χ4n) is 3.67. The third-order valence-electron chi connectivity index (χ3n) is 4.75. The third-order valence-corrected chi connectivity index (χ3v) is 4.75. The SMILES string of the molecule is COC(=O)N1C=C[C@@H]2[C@H](F)[C@H]1OC(=O)C21CCCCC1. The highest BCUT2D eigenvalue weighted by Gasteiger charge is 2.59. The number of hydrogen-bond acceptors (Lipinski definition) is 4. The van der Waals surface area contributed by atoms with Crippen LogP contribution >= 0.6 is 0 Å². The number of carbonyl (C=O) groups excluding carboxylic acids is 2. The highest BCUT2D eigenvalue weighted by Crippen LogP contribution is 2.51. The molecule has 1 amide bonds. The molecular weight excluding hydrogens is 265 g/mol. The van der Waals surface area contributed by atoms with Crippen LogP contribution < -0.4 is 0 Å². The lowest BCUT2D eigenvalue weighted by molar-refractivity contribution is -0.205.